The van der Waals surface area contributed by atoms with E-state index >= 15 is 0 Å². The van der Waals surface area contributed by atoms with E-state index in [9.17, 15) is 9.59 Å². The molecule has 0 fully saturated rings. The molecule has 0 aliphatic carbocycles. The molecular formula is C13H18N2O3. The van der Waals surface area contributed by atoms with Crippen molar-refractivity contribution in [3.8, 4) is 0 Å². The maximum absolute atomic E-state index is 11.7. The van der Waals surface area contributed by atoms with Crippen LogP contribution in [0.3, 0.4) is 0 Å². The number of carboxylic acids is 1. The molecule has 0 saturated carbocycles. The molecule has 0 aromatic heterocycles. The van der Waals surface area contributed by atoms with Gasteiger partial charge in [0.05, 0.1) is 0 Å². The Morgan fingerprint density at radius 3 is 2.11 bits per heavy atom. The summed E-state index contributed by atoms with van der Waals surface area (Å²) in [4.78, 5) is 22.3. The molecule has 3 N–H and O–H groups in total. The van der Waals surface area contributed by atoms with Crippen molar-refractivity contribution in [2.45, 2.75) is 32.9 Å². The molecular weight excluding hydrogens is 232 g/mol. The van der Waals surface area contributed by atoms with Crippen molar-refractivity contribution in [1.82, 2.24) is 5.32 Å². The number of carbonyl (C=O) groups is 2. The largest absolute Gasteiger partial charge is 0.480 e. The van der Waals surface area contributed by atoms with Crippen molar-refractivity contribution >= 4 is 17.6 Å². The number of aliphatic carboxylic acids is 1. The number of nitrogens with one attached hydrogen (secondary N) is 2. The summed E-state index contributed by atoms with van der Waals surface area (Å²) >= 11 is 0. The fourth-order valence-electron chi connectivity index (χ4n) is 1.38. The van der Waals surface area contributed by atoms with Gasteiger partial charge in [-0.3, -0.25) is 9.59 Å². The van der Waals surface area contributed by atoms with Crippen LogP contribution in [0.5, 0.6) is 0 Å². The number of carboxylic acid groups (broad SMARTS) is 1. The Balaban J connectivity index is 2.68. The zero-order chi connectivity index (χ0) is 13.7. The number of rotatable bonds is 5. The van der Waals surface area contributed by atoms with Crippen LogP contribution in [0.2, 0.25) is 0 Å². The van der Waals surface area contributed by atoms with E-state index in [0.29, 0.717) is 11.3 Å². The second kappa shape index (κ2) is 6.05. The van der Waals surface area contributed by atoms with E-state index in [2.05, 4.69) is 10.6 Å². The highest BCUT2D eigenvalue weighted by Gasteiger charge is 2.11. The molecule has 98 valence electrons. The van der Waals surface area contributed by atoms with Crippen molar-refractivity contribution in [1.29, 1.82) is 0 Å². The molecule has 0 heterocycles. The number of carbonyl (C=O) groups excluding carboxylic acids is 1. The summed E-state index contributed by atoms with van der Waals surface area (Å²) in [5.41, 5.74) is 1.23. The number of benzene rings is 1. The van der Waals surface area contributed by atoms with Crippen LogP contribution in [0, 0.1) is 0 Å². The molecule has 5 nitrogen and oxygen atoms in total. The Bertz CT molecular complexity index is 426. The topological polar surface area (TPSA) is 78.4 Å². The average molecular weight is 250 g/mol. The Morgan fingerprint density at radius 1 is 1.11 bits per heavy atom. The van der Waals surface area contributed by atoms with Crippen LogP contribution in [0.4, 0.5) is 5.69 Å². The van der Waals surface area contributed by atoms with Crippen LogP contribution in [0.15, 0.2) is 24.3 Å². The molecule has 0 aliphatic heterocycles. The average Bonchev–Trinajstić information content (AvgIpc) is 2.28. The van der Waals surface area contributed by atoms with Gasteiger partial charge in [-0.05, 0) is 45.0 Å². The Morgan fingerprint density at radius 2 is 1.67 bits per heavy atom. The molecule has 18 heavy (non-hydrogen) atoms. The lowest BCUT2D eigenvalue weighted by Gasteiger charge is -2.12. The van der Waals surface area contributed by atoms with Crippen molar-refractivity contribution < 1.29 is 14.7 Å². The molecule has 1 aromatic rings. The molecule has 0 saturated heterocycles. The second-order valence-corrected chi connectivity index (χ2v) is 4.41. The summed E-state index contributed by atoms with van der Waals surface area (Å²) in [5, 5.41) is 14.4. The van der Waals surface area contributed by atoms with Crippen molar-refractivity contribution in [3.63, 3.8) is 0 Å². The fraction of sp³-hybridized carbons (Fsp3) is 0.385. The van der Waals surface area contributed by atoms with Gasteiger partial charge in [0.2, 0.25) is 0 Å². The fourth-order valence-corrected chi connectivity index (χ4v) is 1.38. The van der Waals surface area contributed by atoms with Gasteiger partial charge in [-0.25, -0.2) is 0 Å². The second-order valence-electron chi connectivity index (χ2n) is 4.41. The zero-order valence-corrected chi connectivity index (χ0v) is 10.7. The minimum atomic E-state index is -0.920. The Hall–Kier alpha value is -2.04. The van der Waals surface area contributed by atoms with Crippen LogP contribution in [0.1, 0.15) is 31.1 Å². The minimum Gasteiger partial charge on any atom is -0.480 e. The first-order valence-corrected chi connectivity index (χ1v) is 5.80. The number of amides is 1. The van der Waals surface area contributed by atoms with E-state index in [4.69, 9.17) is 5.11 Å². The third kappa shape index (κ3) is 4.08. The molecule has 0 spiro atoms. The van der Waals surface area contributed by atoms with E-state index < -0.39 is 12.0 Å². The lowest BCUT2D eigenvalue weighted by Crippen LogP contribution is -2.30. The molecule has 0 radical (unpaired) electrons. The maximum Gasteiger partial charge on any atom is 0.325 e. The summed E-state index contributed by atoms with van der Waals surface area (Å²) in [6.07, 6.45) is 0. The van der Waals surface area contributed by atoms with Gasteiger partial charge < -0.3 is 15.7 Å². The smallest absolute Gasteiger partial charge is 0.325 e. The minimum absolute atomic E-state index is 0.0855. The van der Waals surface area contributed by atoms with E-state index in [1.54, 1.807) is 31.2 Å². The molecule has 1 unspecified atom stereocenters. The molecule has 1 aromatic carbocycles. The van der Waals surface area contributed by atoms with E-state index in [1.165, 1.54) is 0 Å². The summed E-state index contributed by atoms with van der Waals surface area (Å²) in [6.45, 7) is 5.34. The standard InChI is InChI=1S/C13H18N2O3/c1-8(2)14-12(16)10-4-6-11(7-5-10)15-9(3)13(17)18/h4-9,15H,1-3H3,(H,14,16)(H,17,18). The molecule has 1 atom stereocenters. The third-order valence-electron chi connectivity index (χ3n) is 2.32. The summed E-state index contributed by atoms with van der Waals surface area (Å²) < 4.78 is 0. The van der Waals surface area contributed by atoms with Crippen LogP contribution in [0.25, 0.3) is 0 Å². The highest BCUT2D eigenvalue weighted by molar-refractivity contribution is 5.94. The maximum atomic E-state index is 11.7. The molecule has 1 rings (SSSR count). The van der Waals surface area contributed by atoms with Gasteiger partial charge in [0.15, 0.2) is 0 Å². The first kappa shape index (κ1) is 14.0. The highest BCUT2D eigenvalue weighted by atomic mass is 16.4. The molecule has 0 bridgehead atoms. The Kier molecular flexibility index (Phi) is 4.71. The lowest BCUT2D eigenvalue weighted by atomic mass is 10.1. The van der Waals surface area contributed by atoms with Gasteiger partial charge in [0.1, 0.15) is 6.04 Å². The van der Waals surface area contributed by atoms with Gasteiger partial charge >= 0.3 is 5.97 Å². The monoisotopic (exact) mass is 250 g/mol. The number of hydrogen-bond donors (Lipinski definition) is 3. The normalized spacial score (nSPS) is 12.0. The van der Waals surface area contributed by atoms with Crippen molar-refractivity contribution in [2.24, 2.45) is 0 Å². The SMILES string of the molecule is CC(C)NC(=O)c1ccc(NC(C)C(=O)O)cc1. The van der Waals surface area contributed by atoms with E-state index in [0.717, 1.165) is 0 Å². The van der Waals surface area contributed by atoms with Gasteiger partial charge in [-0.15, -0.1) is 0 Å². The van der Waals surface area contributed by atoms with Crippen LogP contribution >= 0.6 is 0 Å². The van der Waals surface area contributed by atoms with Gasteiger partial charge in [0.25, 0.3) is 5.91 Å². The predicted octanol–water partition coefficient (Wildman–Crippen LogP) is 1.71. The lowest BCUT2D eigenvalue weighted by molar-refractivity contribution is -0.137. The van der Waals surface area contributed by atoms with Crippen LogP contribution in [-0.4, -0.2) is 29.1 Å². The molecule has 0 aliphatic rings. The van der Waals surface area contributed by atoms with Crippen molar-refractivity contribution in [3.05, 3.63) is 29.8 Å². The Labute approximate surface area is 106 Å². The summed E-state index contributed by atoms with van der Waals surface area (Å²) in [5.74, 6) is -1.06. The van der Waals surface area contributed by atoms with Crippen molar-refractivity contribution in [2.75, 3.05) is 5.32 Å². The third-order valence-corrected chi connectivity index (χ3v) is 2.32. The van der Waals surface area contributed by atoms with E-state index in [1.807, 2.05) is 13.8 Å². The summed E-state index contributed by atoms with van der Waals surface area (Å²) in [7, 11) is 0. The van der Waals surface area contributed by atoms with Gasteiger partial charge in [0, 0.05) is 17.3 Å². The number of hydrogen-bond acceptors (Lipinski definition) is 3. The first-order chi connectivity index (χ1) is 8.40. The zero-order valence-electron chi connectivity index (χ0n) is 10.7. The van der Waals surface area contributed by atoms with Gasteiger partial charge in [-0.1, -0.05) is 0 Å². The predicted molar refractivity (Wildman–Crippen MR) is 69.8 cm³/mol. The van der Waals surface area contributed by atoms with Crippen LogP contribution in [-0.2, 0) is 4.79 Å². The van der Waals surface area contributed by atoms with E-state index in [-0.39, 0.29) is 11.9 Å². The van der Waals surface area contributed by atoms with Crippen LogP contribution < -0.4 is 10.6 Å². The number of anilines is 1. The van der Waals surface area contributed by atoms with Gasteiger partial charge in [-0.2, -0.15) is 0 Å². The quantitative estimate of drug-likeness (QED) is 0.743. The first-order valence-electron chi connectivity index (χ1n) is 5.80. The molecule has 1 amide bonds. The molecule has 5 heteroatoms. The highest BCUT2D eigenvalue weighted by Crippen LogP contribution is 2.11. The summed E-state index contributed by atoms with van der Waals surface area (Å²) in [6, 6.07) is 6.12.